The lowest BCUT2D eigenvalue weighted by Crippen LogP contribution is -2.41. The van der Waals surface area contributed by atoms with Gasteiger partial charge in [0.25, 0.3) is 5.91 Å². The normalized spacial score (nSPS) is 15.4. The minimum Gasteiger partial charge on any atom is -0.337 e. The Morgan fingerprint density at radius 2 is 1.74 bits per heavy atom. The van der Waals surface area contributed by atoms with E-state index >= 15 is 0 Å². The number of aryl methyl sites for hydroxylation is 1. The van der Waals surface area contributed by atoms with Crippen molar-refractivity contribution in [3.8, 4) is 0 Å². The molecule has 0 saturated carbocycles. The minimum atomic E-state index is -3.88. The molecule has 3 rings (SSSR count). The van der Waals surface area contributed by atoms with Crippen LogP contribution in [-0.4, -0.2) is 55.8 Å². The number of hydrogen-bond acceptors (Lipinski definition) is 5. The fraction of sp³-hybridized carbons (Fsp3) is 0.333. The fourth-order valence-electron chi connectivity index (χ4n) is 3.09. The average Bonchev–Trinajstić information content (AvgIpc) is 2.75. The van der Waals surface area contributed by atoms with E-state index in [0.717, 1.165) is 30.2 Å². The maximum atomic E-state index is 12.7. The first-order valence-corrected chi connectivity index (χ1v) is 12.8. The first kappa shape index (κ1) is 23.6. The molecule has 0 aromatic heterocycles. The van der Waals surface area contributed by atoms with Crippen LogP contribution in [0.15, 0.2) is 47.4 Å². The van der Waals surface area contributed by atoms with Crippen LogP contribution in [0.4, 0.5) is 5.69 Å². The maximum absolute atomic E-state index is 12.7. The monoisotopic (exact) mass is 481 g/mol. The highest BCUT2D eigenvalue weighted by atomic mass is 35.5. The van der Waals surface area contributed by atoms with Gasteiger partial charge < -0.3 is 10.2 Å². The number of rotatable bonds is 6. The summed E-state index contributed by atoms with van der Waals surface area (Å²) < 4.78 is 27.3. The number of carbonyl (C=O) groups is 2. The molecule has 1 saturated heterocycles. The Hall–Kier alpha value is -2.07. The van der Waals surface area contributed by atoms with E-state index in [9.17, 15) is 18.0 Å². The summed E-state index contributed by atoms with van der Waals surface area (Å²) in [4.78, 5) is 27.1. The van der Waals surface area contributed by atoms with Crippen molar-refractivity contribution in [2.24, 2.45) is 0 Å². The molecule has 0 bridgehead atoms. The topological polar surface area (TPSA) is 95.6 Å². The van der Waals surface area contributed by atoms with Crippen molar-refractivity contribution in [2.75, 3.05) is 29.9 Å². The van der Waals surface area contributed by atoms with Crippen molar-refractivity contribution >= 4 is 50.9 Å². The zero-order valence-electron chi connectivity index (χ0n) is 17.2. The molecule has 0 radical (unpaired) electrons. The lowest BCUT2D eigenvalue weighted by atomic mass is 10.1. The molecule has 2 aromatic rings. The Bertz CT molecular complexity index is 1070. The standard InChI is InChI=1S/C21H24ClN3O4S2/c1-14-13-16(21(27)25-9-11-30-12-10-25)3-8-19(14)23-20(26)15(2)24-31(28,29)18-6-4-17(22)5-7-18/h3-8,13,15,24H,9-12H2,1-2H3,(H,23,26)/t15-/m0/s1. The van der Waals surface area contributed by atoms with Crippen LogP contribution in [0.25, 0.3) is 0 Å². The number of carbonyl (C=O) groups excluding carboxylic acids is 2. The molecule has 2 N–H and O–H groups in total. The van der Waals surface area contributed by atoms with E-state index in [1.165, 1.54) is 31.2 Å². The van der Waals surface area contributed by atoms with E-state index in [2.05, 4.69) is 10.0 Å². The molecule has 0 spiro atoms. The van der Waals surface area contributed by atoms with Crippen LogP contribution in [0, 0.1) is 6.92 Å². The fourth-order valence-corrected chi connectivity index (χ4v) is 5.33. The Labute approximate surface area is 191 Å². The first-order valence-electron chi connectivity index (χ1n) is 9.74. The van der Waals surface area contributed by atoms with Crippen LogP contribution in [0.1, 0.15) is 22.8 Å². The quantitative estimate of drug-likeness (QED) is 0.660. The van der Waals surface area contributed by atoms with Gasteiger partial charge in [0.1, 0.15) is 0 Å². The summed E-state index contributed by atoms with van der Waals surface area (Å²) in [7, 11) is -3.88. The van der Waals surface area contributed by atoms with Gasteiger partial charge in [-0.25, -0.2) is 8.42 Å². The average molecular weight is 482 g/mol. The molecule has 2 aromatic carbocycles. The van der Waals surface area contributed by atoms with E-state index in [1.807, 2.05) is 16.7 Å². The molecule has 0 unspecified atom stereocenters. The van der Waals surface area contributed by atoms with Crippen molar-refractivity contribution in [1.82, 2.24) is 9.62 Å². The van der Waals surface area contributed by atoms with Crippen LogP contribution in [-0.2, 0) is 14.8 Å². The van der Waals surface area contributed by atoms with Gasteiger partial charge in [-0.2, -0.15) is 16.5 Å². The molecule has 10 heteroatoms. The number of hydrogen-bond donors (Lipinski definition) is 2. The third-order valence-electron chi connectivity index (χ3n) is 4.88. The van der Waals surface area contributed by atoms with Gasteiger partial charge in [0.05, 0.1) is 10.9 Å². The van der Waals surface area contributed by atoms with Crippen LogP contribution < -0.4 is 10.0 Å². The number of anilines is 1. The number of benzene rings is 2. The van der Waals surface area contributed by atoms with Gasteiger partial charge in [-0.1, -0.05) is 11.6 Å². The van der Waals surface area contributed by atoms with Crippen LogP contribution in [0.3, 0.4) is 0 Å². The van der Waals surface area contributed by atoms with Crippen molar-refractivity contribution in [1.29, 1.82) is 0 Å². The number of nitrogens with zero attached hydrogens (tertiary/aromatic N) is 1. The summed E-state index contributed by atoms with van der Waals surface area (Å²) in [6.07, 6.45) is 0. The number of nitrogens with one attached hydrogen (secondary N) is 2. The van der Waals surface area contributed by atoms with Gasteiger partial charge in [-0.15, -0.1) is 0 Å². The molecule has 1 aliphatic rings. The molecule has 31 heavy (non-hydrogen) atoms. The molecule has 1 atom stereocenters. The summed E-state index contributed by atoms with van der Waals surface area (Å²) in [6.45, 7) is 4.71. The van der Waals surface area contributed by atoms with E-state index < -0.39 is 22.0 Å². The van der Waals surface area contributed by atoms with Crippen LogP contribution in [0.5, 0.6) is 0 Å². The maximum Gasteiger partial charge on any atom is 0.253 e. The Balaban J connectivity index is 1.65. The molecule has 0 aliphatic carbocycles. The summed E-state index contributed by atoms with van der Waals surface area (Å²) in [5, 5.41) is 3.14. The summed E-state index contributed by atoms with van der Waals surface area (Å²) in [6, 6.07) is 9.75. The van der Waals surface area contributed by atoms with Gasteiger partial charge in [-0.3, -0.25) is 9.59 Å². The predicted molar refractivity (Wildman–Crippen MR) is 124 cm³/mol. The Morgan fingerprint density at radius 1 is 1.10 bits per heavy atom. The highest BCUT2D eigenvalue weighted by Gasteiger charge is 2.23. The van der Waals surface area contributed by atoms with Crippen LogP contribution >= 0.6 is 23.4 Å². The van der Waals surface area contributed by atoms with E-state index in [1.54, 1.807) is 25.1 Å². The lowest BCUT2D eigenvalue weighted by Gasteiger charge is -2.26. The number of amides is 2. The summed E-state index contributed by atoms with van der Waals surface area (Å²) >= 11 is 7.63. The number of halogens is 1. The van der Waals surface area contributed by atoms with Crippen molar-refractivity contribution < 1.29 is 18.0 Å². The number of sulfonamides is 1. The van der Waals surface area contributed by atoms with Crippen molar-refractivity contribution in [3.05, 3.63) is 58.6 Å². The minimum absolute atomic E-state index is 0.0201. The second-order valence-corrected chi connectivity index (χ2v) is 10.6. The molecule has 2 amide bonds. The molecule has 166 valence electrons. The zero-order valence-corrected chi connectivity index (χ0v) is 19.6. The SMILES string of the molecule is Cc1cc(C(=O)N2CCSCC2)ccc1NC(=O)[C@H](C)NS(=O)(=O)c1ccc(Cl)cc1. The zero-order chi connectivity index (χ0) is 22.6. The second-order valence-electron chi connectivity index (χ2n) is 7.22. The molecular formula is C21H24ClN3O4S2. The summed E-state index contributed by atoms with van der Waals surface area (Å²) in [5.74, 6) is 1.34. The second kappa shape index (κ2) is 10.0. The Morgan fingerprint density at radius 3 is 2.35 bits per heavy atom. The van der Waals surface area contributed by atoms with Gasteiger partial charge in [0.15, 0.2) is 0 Å². The third kappa shape index (κ3) is 6.00. The summed E-state index contributed by atoms with van der Waals surface area (Å²) in [5.41, 5.74) is 1.81. The molecule has 1 fully saturated rings. The van der Waals surface area contributed by atoms with Gasteiger partial charge >= 0.3 is 0 Å². The van der Waals surface area contributed by atoms with E-state index in [-0.39, 0.29) is 10.8 Å². The molecule has 1 heterocycles. The van der Waals surface area contributed by atoms with Crippen molar-refractivity contribution in [3.63, 3.8) is 0 Å². The van der Waals surface area contributed by atoms with Gasteiger partial charge in [0, 0.05) is 40.9 Å². The first-order chi connectivity index (χ1) is 14.7. The third-order valence-corrected chi connectivity index (χ3v) is 7.63. The molecule has 7 nitrogen and oxygen atoms in total. The smallest absolute Gasteiger partial charge is 0.253 e. The Kier molecular flexibility index (Phi) is 7.64. The highest BCUT2D eigenvalue weighted by molar-refractivity contribution is 7.99. The van der Waals surface area contributed by atoms with E-state index in [4.69, 9.17) is 11.6 Å². The lowest BCUT2D eigenvalue weighted by molar-refractivity contribution is -0.117. The predicted octanol–water partition coefficient (Wildman–Crippen LogP) is 3.14. The van der Waals surface area contributed by atoms with Crippen molar-refractivity contribution in [2.45, 2.75) is 24.8 Å². The van der Waals surface area contributed by atoms with Crippen LogP contribution in [0.2, 0.25) is 5.02 Å². The van der Waals surface area contributed by atoms with Gasteiger partial charge in [-0.05, 0) is 61.9 Å². The van der Waals surface area contributed by atoms with E-state index in [0.29, 0.717) is 16.3 Å². The van der Waals surface area contributed by atoms with Gasteiger partial charge in [0.2, 0.25) is 15.9 Å². The largest absolute Gasteiger partial charge is 0.337 e. The molecular weight excluding hydrogens is 458 g/mol. The molecule has 1 aliphatic heterocycles. The number of thioether (sulfide) groups is 1. The highest BCUT2D eigenvalue weighted by Crippen LogP contribution is 2.20.